The van der Waals surface area contributed by atoms with Crippen LogP contribution >= 0.6 is 0 Å². The molecule has 2 heterocycles. The zero-order chi connectivity index (χ0) is 19.5. The molecule has 0 aliphatic carbocycles. The van der Waals surface area contributed by atoms with Gasteiger partial charge in [-0.1, -0.05) is 12.1 Å². The molecule has 0 fully saturated rings. The van der Waals surface area contributed by atoms with Gasteiger partial charge < -0.3 is 24.1 Å². The molecule has 1 aromatic heterocycles. The molecule has 0 spiro atoms. The number of para-hydroxylation sites is 1. The van der Waals surface area contributed by atoms with Crippen molar-refractivity contribution in [3.05, 3.63) is 58.9 Å². The third-order valence-electron chi connectivity index (χ3n) is 4.58. The van der Waals surface area contributed by atoms with E-state index in [-0.39, 0.29) is 18.3 Å². The molecule has 7 heteroatoms. The number of aryl methyl sites for hydroxylation is 1. The molecule has 2 aromatic carbocycles. The van der Waals surface area contributed by atoms with Crippen molar-refractivity contribution < 1.29 is 19.0 Å². The van der Waals surface area contributed by atoms with E-state index < -0.39 is 0 Å². The SMILES string of the molecule is Cn1c(=O)cc(OCCCC(=O)Nc2ccc3c(c2)OCO3)c2ccccc21. The second-order valence-electron chi connectivity index (χ2n) is 6.49. The van der Waals surface area contributed by atoms with E-state index in [9.17, 15) is 9.59 Å². The van der Waals surface area contributed by atoms with Crippen LogP contribution in [0.2, 0.25) is 0 Å². The molecule has 1 amide bonds. The number of hydrogen-bond donors (Lipinski definition) is 1. The highest BCUT2D eigenvalue weighted by atomic mass is 16.7. The first kappa shape index (κ1) is 17.9. The van der Waals surface area contributed by atoms with E-state index in [4.69, 9.17) is 14.2 Å². The number of carbonyl (C=O) groups excluding carboxylic acids is 1. The number of fused-ring (bicyclic) bond motifs is 2. The van der Waals surface area contributed by atoms with Crippen molar-refractivity contribution in [1.82, 2.24) is 4.57 Å². The Morgan fingerprint density at radius 1 is 1.14 bits per heavy atom. The summed E-state index contributed by atoms with van der Waals surface area (Å²) in [7, 11) is 1.73. The average molecular weight is 380 g/mol. The van der Waals surface area contributed by atoms with Gasteiger partial charge in [0.25, 0.3) is 5.56 Å². The fourth-order valence-corrected chi connectivity index (χ4v) is 3.11. The minimum absolute atomic E-state index is 0.115. The molecule has 28 heavy (non-hydrogen) atoms. The van der Waals surface area contributed by atoms with E-state index in [0.717, 1.165) is 10.9 Å². The number of amides is 1. The molecular formula is C21H20N2O5. The number of rotatable bonds is 6. The summed E-state index contributed by atoms with van der Waals surface area (Å²) >= 11 is 0. The Hall–Kier alpha value is -3.48. The van der Waals surface area contributed by atoms with E-state index in [0.29, 0.717) is 42.4 Å². The van der Waals surface area contributed by atoms with Gasteiger partial charge in [0.1, 0.15) is 5.75 Å². The van der Waals surface area contributed by atoms with Crippen LogP contribution in [0.3, 0.4) is 0 Å². The molecule has 0 unspecified atom stereocenters. The minimum atomic E-state index is -0.130. The third kappa shape index (κ3) is 3.64. The Balaban J connectivity index is 1.32. The summed E-state index contributed by atoms with van der Waals surface area (Å²) in [5, 5.41) is 3.70. The smallest absolute Gasteiger partial charge is 0.254 e. The number of hydrogen-bond acceptors (Lipinski definition) is 5. The zero-order valence-electron chi connectivity index (χ0n) is 15.4. The lowest BCUT2D eigenvalue weighted by Crippen LogP contribution is -2.17. The quantitative estimate of drug-likeness (QED) is 0.665. The van der Waals surface area contributed by atoms with Crippen LogP contribution in [-0.4, -0.2) is 23.9 Å². The average Bonchev–Trinajstić information content (AvgIpc) is 3.16. The van der Waals surface area contributed by atoms with Crippen LogP contribution in [-0.2, 0) is 11.8 Å². The van der Waals surface area contributed by atoms with Gasteiger partial charge in [0.05, 0.1) is 12.1 Å². The van der Waals surface area contributed by atoms with E-state index >= 15 is 0 Å². The maximum Gasteiger partial charge on any atom is 0.254 e. The highest BCUT2D eigenvalue weighted by Gasteiger charge is 2.14. The Kier molecular flexibility index (Phi) is 4.89. The normalized spacial score (nSPS) is 12.2. The van der Waals surface area contributed by atoms with Crippen LogP contribution in [0.4, 0.5) is 5.69 Å². The van der Waals surface area contributed by atoms with Gasteiger partial charge in [-0.05, 0) is 30.7 Å². The molecule has 0 atom stereocenters. The Labute approximate surface area is 161 Å². The summed E-state index contributed by atoms with van der Waals surface area (Å²) in [6.07, 6.45) is 0.830. The van der Waals surface area contributed by atoms with E-state index in [1.807, 2.05) is 24.3 Å². The number of anilines is 1. The second-order valence-corrected chi connectivity index (χ2v) is 6.49. The lowest BCUT2D eigenvalue weighted by molar-refractivity contribution is -0.116. The number of pyridine rings is 1. The first-order chi connectivity index (χ1) is 13.6. The molecule has 144 valence electrons. The maximum absolute atomic E-state index is 12.1. The van der Waals surface area contributed by atoms with E-state index in [1.165, 1.54) is 6.07 Å². The highest BCUT2D eigenvalue weighted by Crippen LogP contribution is 2.34. The standard InChI is InChI=1S/C21H20N2O5/c1-23-16-6-3-2-5-15(16)18(12-21(23)25)26-10-4-7-20(24)22-14-8-9-17-19(11-14)28-13-27-17/h2-3,5-6,8-9,11-12H,4,7,10,13H2,1H3,(H,22,24). The number of nitrogens with zero attached hydrogens (tertiary/aromatic N) is 1. The van der Waals surface area contributed by atoms with Crippen LogP contribution < -0.4 is 25.1 Å². The molecule has 4 rings (SSSR count). The van der Waals surface area contributed by atoms with Gasteiger partial charge in [0.15, 0.2) is 11.5 Å². The first-order valence-corrected chi connectivity index (χ1v) is 9.03. The summed E-state index contributed by atoms with van der Waals surface area (Å²) in [4.78, 5) is 24.2. The predicted octanol–water partition coefficient (Wildman–Crippen LogP) is 3.06. The third-order valence-corrected chi connectivity index (χ3v) is 4.58. The van der Waals surface area contributed by atoms with Crippen LogP contribution in [0, 0.1) is 0 Å². The zero-order valence-corrected chi connectivity index (χ0v) is 15.4. The molecular weight excluding hydrogens is 360 g/mol. The highest BCUT2D eigenvalue weighted by molar-refractivity contribution is 5.91. The number of benzene rings is 2. The van der Waals surface area contributed by atoms with Crippen LogP contribution in [0.25, 0.3) is 10.9 Å². The fraction of sp³-hybridized carbons (Fsp3) is 0.238. The summed E-state index contributed by atoms with van der Waals surface area (Å²) in [5.74, 6) is 1.72. The molecule has 1 N–H and O–H groups in total. The summed E-state index contributed by atoms with van der Waals surface area (Å²) in [6.45, 7) is 0.535. The van der Waals surface area contributed by atoms with E-state index in [2.05, 4.69) is 5.32 Å². The lowest BCUT2D eigenvalue weighted by atomic mass is 10.2. The van der Waals surface area contributed by atoms with Crippen molar-refractivity contribution >= 4 is 22.5 Å². The van der Waals surface area contributed by atoms with Crippen molar-refractivity contribution in [3.8, 4) is 17.2 Å². The van der Waals surface area contributed by atoms with Gasteiger partial charge in [-0.15, -0.1) is 0 Å². The summed E-state index contributed by atoms with van der Waals surface area (Å²) in [5.41, 5.74) is 1.34. The molecule has 0 bridgehead atoms. The summed E-state index contributed by atoms with van der Waals surface area (Å²) < 4.78 is 17.9. The van der Waals surface area contributed by atoms with Crippen molar-refractivity contribution in [2.45, 2.75) is 12.8 Å². The topological polar surface area (TPSA) is 78.8 Å². The van der Waals surface area contributed by atoms with Gasteiger partial charge in [0.2, 0.25) is 12.7 Å². The minimum Gasteiger partial charge on any atom is -0.493 e. The molecule has 0 saturated carbocycles. The van der Waals surface area contributed by atoms with Gasteiger partial charge in [-0.25, -0.2) is 0 Å². The van der Waals surface area contributed by atoms with E-state index in [1.54, 1.807) is 29.8 Å². The Morgan fingerprint density at radius 3 is 2.86 bits per heavy atom. The Morgan fingerprint density at radius 2 is 1.96 bits per heavy atom. The summed E-state index contributed by atoms with van der Waals surface area (Å²) in [6, 6.07) is 14.3. The maximum atomic E-state index is 12.1. The monoisotopic (exact) mass is 380 g/mol. The molecule has 7 nitrogen and oxygen atoms in total. The number of nitrogens with one attached hydrogen (secondary N) is 1. The number of aromatic nitrogens is 1. The fourth-order valence-electron chi connectivity index (χ4n) is 3.11. The van der Waals surface area contributed by atoms with Crippen molar-refractivity contribution in [2.24, 2.45) is 7.05 Å². The van der Waals surface area contributed by atoms with Gasteiger partial charge in [-0.2, -0.15) is 0 Å². The Bertz CT molecular complexity index is 1090. The number of ether oxygens (including phenoxy) is 3. The largest absolute Gasteiger partial charge is 0.493 e. The van der Waals surface area contributed by atoms with Crippen LogP contribution in [0.5, 0.6) is 17.2 Å². The van der Waals surface area contributed by atoms with Crippen molar-refractivity contribution in [1.29, 1.82) is 0 Å². The second kappa shape index (κ2) is 7.64. The first-order valence-electron chi connectivity index (χ1n) is 9.03. The lowest BCUT2D eigenvalue weighted by Gasteiger charge is -2.11. The van der Waals surface area contributed by atoms with Gasteiger partial charge in [0, 0.05) is 36.7 Å². The van der Waals surface area contributed by atoms with Crippen molar-refractivity contribution in [2.75, 3.05) is 18.7 Å². The van der Waals surface area contributed by atoms with Crippen molar-refractivity contribution in [3.63, 3.8) is 0 Å². The van der Waals surface area contributed by atoms with Crippen LogP contribution in [0.1, 0.15) is 12.8 Å². The number of carbonyl (C=O) groups is 1. The predicted molar refractivity (Wildman–Crippen MR) is 105 cm³/mol. The molecule has 0 radical (unpaired) electrons. The van der Waals surface area contributed by atoms with Gasteiger partial charge >= 0.3 is 0 Å². The molecule has 0 saturated heterocycles. The molecule has 3 aromatic rings. The molecule has 1 aliphatic heterocycles. The molecule has 1 aliphatic rings. The van der Waals surface area contributed by atoms with Gasteiger partial charge in [-0.3, -0.25) is 9.59 Å². The van der Waals surface area contributed by atoms with Crippen LogP contribution in [0.15, 0.2) is 53.3 Å².